The van der Waals surface area contributed by atoms with Crippen molar-refractivity contribution >= 4 is 0 Å². The molecule has 0 saturated carbocycles. The van der Waals surface area contributed by atoms with E-state index in [9.17, 15) is 0 Å². The molecule has 0 atom stereocenters. The SMILES string of the molecule is CC(C)(C)CC(C)(C)C[N+](C)(C)C. The van der Waals surface area contributed by atoms with Gasteiger partial charge in [-0.2, -0.15) is 0 Å². The minimum atomic E-state index is 0.441. The quantitative estimate of drug-likeness (QED) is 0.594. The summed E-state index contributed by atoms with van der Waals surface area (Å²) in [6, 6.07) is 0. The van der Waals surface area contributed by atoms with Gasteiger partial charge in [0.1, 0.15) is 0 Å². The van der Waals surface area contributed by atoms with Crippen LogP contribution in [0.15, 0.2) is 0 Å². The zero-order chi connectivity index (χ0) is 10.9. The molecule has 0 rings (SSSR count). The third-order valence-electron chi connectivity index (χ3n) is 1.91. The molecule has 0 unspecified atom stereocenters. The van der Waals surface area contributed by atoms with Crippen molar-refractivity contribution in [2.75, 3.05) is 27.7 Å². The topological polar surface area (TPSA) is 0 Å². The second kappa shape index (κ2) is 3.61. The smallest absolute Gasteiger partial charge is 0.0832 e. The maximum atomic E-state index is 2.38. The Morgan fingerprint density at radius 1 is 0.846 bits per heavy atom. The maximum Gasteiger partial charge on any atom is 0.0832 e. The van der Waals surface area contributed by atoms with Crippen LogP contribution < -0.4 is 0 Å². The predicted molar refractivity (Wildman–Crippen MR) is 60.8 cm³/mol. The van der Waals surface area contributed by atoms with Crippen LogP contribution in [0.25, 0.3) is 0 Å². The highest BCUT2D eigenvalue weighted by molar-refractivity contribution is 4.75. The summed E-state index contributed by atoms with van der Waals surface area (Å²) < 4.78 is 1.06. The minimum absolute atomic E-state index is 0.441. The first-order valence-corrected chi connectivity index (χ1v) is 5.22. The minimum Gasteiger partial charge on any atom is -0.330 e. The fourth-order valence-corrected chi connectivity index (χ4v) is 2.78. The lowest BCUT2D eigenvalue weighted by Crippen LogP contribution is -2.43. The average Bonchev–Trinajstić information content (AvgIpc) is 1.43. The van der Waals surface area contributed by atoms with E-state index in [1.807, 2.05) is 0 Å². The molecular formula is C12H28N+. The molecule has 0 amide bonds. The third kappa shape index (κ3) is 8.29. The fourth-order valence-electron chi connectivity index (χ4n) is 2.78. The molecule has 0 fully saturated rings. The second-order valence-electron chi connectivity index (χ2n) is 7.35. The van der Waals surface area contributed by atoms with Gasteiger partial charge in [0.15, 0.2) is 0 Å². The molecule has 1 heteroatoms. The highest BCUT2D eigenvalue weighted by Crippen LogP contribution is 2.34. The molecule has 0 aliphatic heterocycles. The molecule has 1 nitrogen and oxygen atoms in total. The number of rotatable bonds is 3. The Hall–Kier alpha value is -0.0400. The van der Waals surface area contributed by atoms with Gasteiger partial charge in [-0.3, -0.25) is 0 Å². The Morgan fingerprint density at radius 2 is 1.23 bits per heavy atom. The third-order valence-corrected chi connectivity index (χ3v) is 1.91. The molecule has 0 radical (unpaired) electrons. The van der Waals surface area contributed by atoms with Crippen molar-refractivity contribution in [2.45, 2.75) is 41.0 Å². The summed E-state index contributed by atoms with van der Waals surface area (Å²) in [6.07, 6.45) is 1.29. The summed E-state index contributed by atoms with van der Waals surface area (Å²) in [5.74, 6) is 0. The highest BCUT2D eigenvalue weighted by atomic mass is 15.3. The molecular weight excluding hydrogens is 158 g/mol. The van der Waals surface area contributed by atoms with E-state index in [1.54, 1.807) is 0 Å². The summed E-state index contributed by atoms with van der Waals surface area (Å²) >= 11 is 0. The van der Waals surface area contributed by atoms with Gasteiger partial charge in [-0.25, -0.2) is 0 Å². The number of hydrogen-bond donors (Lipinski definition) is 0. The van der Waals surface area contributed by atoms with Crippen molar-refractivity contribution in [1.29, 1.82) is 0 Å². The molecule has 13 heavy (non-hydrogen) atoms. The molecule has 0 aromatic rings. The van der Waals surface area contributed by atoms with Crippen molar-refractivity contribution < 1.29 is 4.48 Å². The molecule has 0 aromatic carbocycles. The van der Waals surface area contributed by atoms with Gasteiger partial charge >= 0.3 is 0 Å². The van der Waals surface area contributed by atoms with E-state index < -0.39 is 0 Å². The van der Waals surface area contributed by atoms with Gasteiger partial charge in [0.25, 0.3) is 0 Å². The molecule has 0 spiro atoms. The van der Waals surface area contributed by atoms with E-state index in [0.717, 1.165) is 4.48 Å². The van der Waals surface area contributed by atoms with Gasteiger partial charge in [0.05, 0.1) is 27.7 Å². The van der Waals surface area contributed by atoms with Crippen LogP contribution in [0.2, 0.25) is 0 Å². The molecule has 0 aliphatic rings. The van der Waals surface area contributed by atoms with Crippen LogP contribution >= 0.6 is 0 Å². The number of hydrogen-bond acceptors (Lipinski definition) is 0. The molecule has 80 valence electrons. The van der Waals surface area contributed by atoms with Crippen molar-refractivity contribution in [1.82, 2.24) is 0 Å². The summed E-state index contributed by atoms with van der Waals surface area (Å²) in [5.41, 5.74) is 0.884. The van der Waals surface area contributed by atoms with Crippen LogP contribution in [-0.2, 0) is 0 Å². The van der Waals surface area contributed by atoms with Crippen molar-refractivity contribution in [2.24, 2.45) is 10.8 Å². The average molecular weight is 186 g/mol. The molecule has 0 aliphatic carbocycles. The molecule has 0 bridgehead atoms. The van der Waals surface area contributed by atoms with E-state index in [-0.39, 0.29) is 0 Å². The van der Waals surface area contributed by atoms with E-state index in [0.29, 0.717) is 10.8 Å². The lowest BCUT2D eigenvalue weighted by molar-refractivity contribution is -0.877. The maximum absolute atomic E-state index is 2.38. The van der Waals surface area contributed by atoms with E-state index in [4.69, 9.17) is 0 Å². The highest BCUT2D eigenvalue weighted by Gasteiger charge is 2.30. The Bertz CT molecular complexity index is 137. The second-order valence-corrected chi connectivity index (χ2v) is 7.35. The van der Waals surface area contributed by atoms with Crippen LogP contribution in [0, 0.1) is 10.8 Å². The van der Waals surface area contributed by atoms with Gasteiger partial charge < -0.3 is 4.48 Å². The summed E-state index contributed by atoms with van der Waals surface area (Å²) in [6.45, 7) is 13.0. The molecule has 0 aromatic heterocycles. The largest absolute Gasteiger partial charge is 0.330 e. The molecule has 0 heterocycles. The van der Waals surface area contributed by atoms with E-state index >= 15 is 0 Å². The number of quaternary nitrogens is 1. The Labute approximate surface area is 84.7 Å². The Kier molecular flexibility index (Phi) is 3.59. The number of nitrogens with zero attached hydrogens (tertiary/aromatic N) is 1. The lowest BCUT2D eigenvalue weighted by Gasteiger charge is -2.37. The van der Waals surface area contributed by atoms with Crippen molar-refractivity contribution in [3.63, 3.8) is 0 Å². The van der Waals surface area contributed by atoms with Gasteiger partial charge in [0.2, 0.25) is 0 Å². The molecule has 0 saturated heterocycles. The standard InChI is InChI=1S/C12H28N/c1-11(2,3)9-12(4,5)10-13(6,7)8/h9-10H2,1-8H3/q+1. The lowest BCUT2D eigenvalue weighted by atomic mass is 9.76. The monoisotopic (exact) mass is 186 g/mol. The zero-order valence-corrected chi connectivity index (χ0v) is 10.9. The Balaban J connectivity index is 4.25. The van der Waals surface area contributed by atoms with Crippen molar-refractivity contribution in [3.8, 4) is 0 Å². The summed E-state index contributed by atoms with van der Waals surface area (Å²) in [5, 5.41) is 0. The first kappa shape index (κ1) is 13.0. The van der Waals surface area contributed by atoms with Gasteiger partial charge in [-0.1, -0.05) is 34.6 Å². The Morgan fingerprint density at radius 3 is 1.46 bits per heavy atom. The fraction of sp³-hybridized carbons (Fsp3) is 1.00. The van der Waals surface area contributed by atoms with Crippen LogP contribution in [0.3, 0.4) is 0 Å². The first-order valence-electron chi connectivity index (χ1n) is 5.22. The summed E-state index contributed by atoms with van der Waals surface area (Å²) in [4.78, 5) is 0. The molecule has 0 N–H and O–H groups in total. The predicted octanol–water partition coefficient (Wildman–Crippen LogP) is 3.16. The van der Waals surface area contributed by atoms with Gasteiger partial charge in [-0.05, 0) is 11.8 Å². The van der Waals surface area contributed by atoms with Crippen LogP contribution in [0.1, 0.15) is 41.0 Å². The van der Waals surface area contributed by atoms with Crippen LogP contribution in [0.4, 0.5) is 0 Å². The zero-order valence-electron chi connectivity index (χ0n) is 10.9. The van der Waals surface area contributed by atoms with Gasteiger partial charge in [-0.15, -0.1) is 0 Å². The van der Waals surface area contributed by atoms with Gasteiger partial charge in [0, 0.05) is 5.41 Å². The van der Waals surface area contributed by atoms with Crippen LogP contribution in [-0.4, -0.2) is 32.2 Å². The van der Waals surface area contributed by atoms with E-state index in [1.165, 1.54) is 13.0 Å². The first-order chi connectivity index (χ1) is 5.41. The van der Waals surface area contributed by atoms with Crippen molar-refractivity contribution in [3.05, 3.63) is 0 Å². The van der Waals surface area contributed by atoms with Crippen LogP contribution in [0.5, 0.6) is 0 Å². The normalized spacial score (nSPS) is 14.8. The summed E-state index contributed by atoms with van der Waals surface area (Å²) in [7, 11) is 6.80. The van der Waals surface area contributed by atoms with E-state index in [2.05, 4.69) is 55.8 Å².